The predicted octanol–water partition coefficient (Wildman–Crippen LogP) is 5.41. The fourth-order valence-electron chi connectivity index (χ4n) is 4.24. The first kappa shape index (κ1) is 18.8. The minimum absolute atomic E-state index is 0.0468. The number of benzene rings is 2. The fraction of sp³-hybridized carbons (Fsp3) is 0.318. The lowest BCUT2D eigenvalue weighted by molar-refractivity contribution is -0.122. The van der Waals surface area contributed by atoms with Crippen molar-refractivity contribution in [3.8, 4) is 0 Å². The molecule has 2 fully saturated rings. The van der Waals surface area contributed by atoms with E-state index < -0.39 is 0 Å². The van der Waals surface area contributed by atoms with Gasteiger partial charge >= 0.3 is 0 Å². The first-order valence-corrected chi connectivity index (χ1v) is 11.6. The number of rotatable bonds is 4. The minimum Gasteiger partial charge on any atom is -0.274 e. The van der Waals surface area contributed by atoms with E-state index in [-0.39, 0.29) is 29.5 Å². The largest absolute Gasteiger partial charge is 0.274 e. The van der Waals surface area contributed by atoms with Crippen molar-refractivity contribution in [1.29, 1.82) is 0 Å². The molecule has 2 heterocycles. The number of aromatic nitrogens is 1. The summed E-state index contributed by atoms with van der Waals surface area (Å²) in [5.74, 6) is 0.0888. The van der Waals surface area contributed by atoms with Gasteiger partial charge in [-0.3, -0.25) is 14.5 Å². The highest BCUT2D eigenvalue weighted by Gasteiger charge is 2.48. The Bertz CT molecular complexity index is 1070. The maximum Gasteiger partial charge on any atom is 0.237 e. The Labute approximate surface area is 176 Å². The van der Waals surface area contributed by atoms with E-state index in [0.29, 0.717) is 11.4 Å². The number of hydrogen-bond acceptors (Lipinski definition) is 5. The molecular formula is C22H19FN2O2S2. The third-order valence-corrected chi connectivity index (χ3v) is 7.96. The molecule has 0 bridgehead atoms. The number of anilines is 1. The van der Waals surface area contributed by atoms with Crippen molar-refractivity contribution in [2.45, 2.75) is 35.8 Å². The SMILES string of the molecule is O=C1[C@H]2CCCC[C@@H]2C(=O)N1c1ccc2nc(SCc3ccc(F)cc3)sc2c1. The molecule has 2 aromatic carbocycles. The number of thioether (sulfide) groups is 1. The molecule has 2 aliphatic rings. The van der Waals surface area contributed by atoms with Crippen molar-refractivity contribution < 1.29 is 14.0 Å². The van der Waals surface area contributed by atoms with Gasteiger partial charge in [-0.15, -0.1) is 11.3 Å². The summed E-state index contributed by atoms with van der Waals surface area (Å²) in [5, 5.41) is 0. The fourth-order valence-corrected chi connectivity index (χ4v) is 6.29. The second-order valence-corrected chi connectivity index (χ2v) is 9.81. The van der Waals surface area contributed by atoms with Gasteiger partial charge in [-0.05, 0) is 48.7 Å². The molecule has 0 radical (unpaired) electrons. The van der Waals surface area contributed by atoms with Gasteiger partial charge in [0, 0.05) is 5.75 Å². The summed E-state index contributed by atoms with van der Waals surface area (Å²) in [7, 11) is 0. The normalized spacial score (nSPS) is 21.8. The molecule has 29 heavy (non-hydrogen) atoms. The van der Waals surface area contributed by atoms with Gasteiger partial charge in [-0.25, -0.2) is 9.37 Å². The minimum atomic E-state index is -0.239. The Balaban J connectivity index is 1.37. The van der Waals surface area contributed by atoms with Crippen molar-refractivity contribution in [3.05, 3.63) is 53.8 Å². The summed E-state index contributed by atoms with van der Waals surface area (Å²) >= 11 is 3.15. The molecule has 2 amide bonds. The smallest absolute Gasteiger partial charge is 0.237 e. The number of hydrogen-bond donors (Lipinski definition) is 0. The average molecular weight is 427 g/mol. The number of imide groups is 1. The highest BCUT2D eigenvalue weighted by molar-refractivity contribution is 8.00. The van der Waals surface area contributed by atoms with Crippen molar-refractivity contribution in [2.75, 3.05) is 4.90 Å². The molecule has 148 valence electrons. The lowest BCUT2D eigenvalue weighted by Gasteiger charge is -2.19. The Morgan fingerprint density at radius 2 is 1.72 bits per heavy atom. The van der Waals surface area contributed by atoms with Gasteiger partial charge in [-0.1, -0.05) is 36.7 Å². The van der Waals surface area contributed by atoms with E-state index in [0.717, 1.165) is 45.8 Å². The lowest BCUT2D eigenvalue weighted by atomic mass is 9.81. The summed E-state index contributed by atoms with van der Waals surface area (Å²) in [5.41, 5.74) is 2.55. The molecule has 5 rings (SSSR count). The second kappa shape index (κ2) is 7.54. The summed E-state index contributed by atoms with van der Waals surface area (Å²) in [6.45, 7) is 0. The first-order valence-electron chi connectivity index (χ1n) is 9.76. The van der Waals surface area contributed by atoms with Crippen molar-refractivity contribution >= 4 is 50.8 Å². The highest BCUT2D eigenvalue weighted by Crippen LogP contribution is 2.41. The van der Waals surface area contributed by atoms with E-state index in [2.05, 4.69) is 4.98 Å². The molecule has 0 N–H and O–H groups in total. The van der Waals surface area contributed by atoms with Crippen molar-refractivity contribution in [2.24, 2.45) is 11.8 Å². The van der Waals surface area contributed by atoms with Crippen LogP contribution in [-0.2, 0) is 15.3 Å². The van der Waals surface area contributed by atoms with Crippen LogP contribution in [0.25, 0.3) is 10.2 Å². The number of thiazole rings is 1. The number of carbonyl (C=O) groups excluding carboxylic acids is 2. The standard InChI is InChI=1S/C22H19FN2O2S2/c23-14-7-5-13(6-8-14)12-28-22-24-18-10-9-15(11-19(18)29-22)25-20(26)16-3-1-2-4-17(16)21(25)27/h5-11,16-17H,1-4,12H2/t16-,17-/m0/s1. The maximum absolute atomic E-state index is 13.0. The molecule has 1 saturated heterocycles. The molecule has 1 aliphatic heterocycles. The van der Waals surface area contributed by atoms with Gasteiger partial charge in [0.15, 0.2) is 4.34 Å². The third-order valence-electron chi connectivity index (χ3n) is 5.73. The van der Waals surface area contributed by atoms with Crippen LogP contribution in [0.1, 0.15) is 31.2 Å². The Hall–Kier alpha value is -2.25. The van der Waals surface area contributed by atoms with E-state index in [4.69, 9.17) is 0 Å². The van der Waals surface area contributed by atoms with Crippen molar-refractivity contribution in [1.82, 2.24) is 4.98 Å². The lowest BCUT2D eigenvalue weighted by Crippen LogP contribution is -2.30. The van der Waals surface area contributed by atoms with Crippen LogP contribution in [0.3, 0.4) is 0 Å². The molecule has 7 heteroatoms. The number of carbonyl (C=O) groups is 2. The van der Waals surface area contributed by atoms with Crippen LogP contribution < -0.4 is 4.90 Å². The monoisotopic (exact) mass is 426 g/mol. The molecule has 1 aliphatic carbocycles. The van der Waals surface area contributed by atoms with E-state index in [1.165, 1.54) is 17.0 Å². The maximum atomic E-state index is 13.0. The van der Waals surface area contributed by atoms with E-state index in [1.54, 1.807) is 35.2 Å². The van der Waals surface area contributed by atoms with Gasteiger partial charge in [0.25, 0.3) is 0 Å². The molecule has 0 unspecified atom stereocenters. The average Bonchev–Trinajstić information content (AvgIpc) is 3.26. The van der Waals surface area contributed by atoms with E-state index >= 15 is 0 Å². The summed E-state index contributed by atoms with van der Waals surface area (Å²) in [6, 6.07) is 12.1. The number of nitrogens with zero attached hydrogens (tertiary/aromatic N) is 2. The third kappa shape index (κ3) is 3.46. The molecule has 4 nitrogen and oxygen atoms in total. The summed E-state index contributed by atoms with van der Waals surface area (Å²) in [4.78, 5) is 31.7. The summed E-state index contributed by atoms with van der Waals surface area (Å²) in [6.07, 6.45) is 3.69. The van der Waals surface area contributed by atoms with Gasteiger partial charge in [-0.2, -0.15) is 0 Å². The molecular weight excluding hydrogens is 407 g/mol. The topological polar surface area (TPSA) is 50.3 Å². The number of fused-ring (bicyclic) bond motifs is 2. The Kier molecular flexibility index (Phi) is 4.87. The molecule has 1 saturated carbocycles. The molecule has 3 aromatic rings. The van der Waals surface area contributed by atoms with Crippen LogP contribution >= 0.6 is 23.1 Å². The molecule has 1 aromatic heterocycles. The predicted molar refractivity (Wildman–Crippen MR) is 114 cm³/mol. The zero-order valence-corrected chi connectivity index (χ0v) is 17.3. The van der Waals surface area contributed by atoms with Gasteiger partial charge in [0.05, 0.1) is 27.7 Å². The zero-order valence-electron chi connectivity index (χ0n) is 15.6. The van der Waals surface area contributed by atoms with Crippen LogP contribution in [0, 0.1) is 17.7 Å². The molecule has 0 spiro atoms. The Morgan fingerprint density at radius 1 is 1.03 bits per heavy atom. The summed E-state index contributed by atoms with van der Waals surface area (Å²) < 4.78 is 14.9. The van der Waals surface area contributed by atoms with Crippen LogP contribution in [-0.4, -0.2) is 16.8 Å². The highest BCUT2D eigenvalue weighted by atomic mass is 32.2. The van der Waals surface area contributed by atoms with Gasteiger partial charge in [0.2, 0.25) is 11.8 Å². The first-order chi connectivity index (χ1) is 14.1. The van der Waals surface area contributed by atoms with Crippen LogP contribution in [0.15, 0.2) is 46.8 Å². The number of halogens is 1. The number of amides is 2. The van der Waals surface area contributed by atoms with Crippen LogP contribution in [0.5, 0.6) is 0 Å². The van der Waals surface area contributed by atoms with E-state index in [1.807, 2.05) is 18.2 Å². The van der Waals surface area contributed by atoms with Crippen LogP contribution in [0.2, 0.25) is 0 Å². The van der Waals surface area contributed by atoms with Gasteiger partial charge < -0.3 is 0 Å². The van der Waals surface area contributed by atoms with Crippen molar-refractivity contribution in [3.63, 3.8) is 0 Å². The molecule has 2 atom stereocenters. The quantitative estimate of drug-likeness (QED) is 0.414. The zero-order chi connectivity index (χ0) is 20.0. The second-order valence-electron chi connectivity index (χ2n) is 7.56. The van der Waals surface area contributed by atoms with E-state index in [9.17, 15) is 14.0 Å². The van der Waals surface area contributed by atoms with Gasteiger partial charge in [0.1, 0.15) is 5.82 Å². The Morgan fingerprint density at radius 3 is 2.41 bits per heavy atom. The van der Waals surface area contributed by atoms with Crippen LogP contribution in [0.4, 0.5) is 10.1 Å².